The first-order chi connectivity index (χ1) is 11.0. The second kappa shape index (κ2) is 5.51. The number of thiophene rings is 1. The normalized spacial score (nSPS) is 10.9. The molecule has 0 aliphatic carbocycles. The van der Waals surface area contributed by atoms with Crippen molar-refractivity contribution in [2.45, 2.75) is 6.92 Å². The molecule has 6 nitrogen and oxygen atoms in total. The van der Waals surface area contributed by atoms with Gasteiger partial charge in [-0.2, -0.15) is 0 Å². The van der Waals surface area contributed by atoms with Gasteiger partial charge in [0.25, 0.3) is 5.56 Å². The molecule has 0 bridgehead atoms. The first-order valence-electron chi connectivity index (χ1n) is 6.89. The largest absolute Gasteiger partial charge is 0.492 e. The van der Waals surface area contributed by atoms with Crippen molar-refractivity contribution in [2.75, 3.05) is 12.8 Å². The number of anilines is 1. The van der Waals surface area contributed by atoms with Gasteiger partial charge in [0.05, 0.1) is 17.6 Å². The van der Waals surface area contributed by atoms with E-state index in [9.17, 15) is 9.59 Å². The van der Waals surface area contributed by atoms with E-state index < -0.39 is 0 Å². The Labute approximate surface area is 136 Å². The first-order valence-corrected chi connectivity index (χ1v) is 7.71. The van der Waals surface area contributed by atoms with Crippen LogP contribution in [0.1, 0.15) is 16.6 Å². The summed E-state index contributed by atoms with van der Waals surface area (Å²) in [6.07, 6.45) is 0. The highest BCUT2D eigenvalue weighted by molar-refractivity contribution is 7.21. The van der Waals surface area contributed by atoms with E-state index in [4.69, 9.17) is 10.5 Å². The van der Waals surface area contributed by atoms with Gasteiger partial charge in [-0.25, -0.2) is 4.68 Å². The van der Waals surface area contributed by atoms with Crippen LogP contribution in [0.4, 0.5) is 5.82 Å². The number of carbonyl (C=O) groups is 1. The van der Waals surface area contributed by atoms with Crippen LogP contribution >= 0.6 is 11.3 Å². The number of nitrogens with two attached hydrogens (primary N) is 1. The SMILES string of the molecule is COc1c(N)nn(C)c(=O)c1-c1c(C(C)=O)sc2ccccc12. The summed E-state index contributed by atoms with van der Waals surface area (Å²) in [6, 6.07) is 7.55. The number of ketones is 1. The lowest BCUT2D eigenvalue weighted by Crippen LogP contribution is -2.24. The molecule has 7 heteroatoms. The van der Waals surface area contributed by atoms with Crippen LogP contribution in [0.2, 0.25) is 0 Å². The van der Waals surface area contributed by atoms with Crippen LogP contribution in [0.5, 0.6) is 5.75 Å². The third-order valence-corrected chi connectivity index (χ3v) is 4.87. The molecule has 3 rings (SSSR count). The number of nitrogen functional groups attached to an aromatic ring is 1. The Morgan fingerprint density at radius 2 is 2.00 bits per heavy atom. The standard InChI is InChI=1S/C16H15N3O3S/c1-8(20)14-11(9-6-4-5-7-10(9)23-14)12-13(22-3)15(17)18-19(2)16(12)21/h4-7H,1-3H3,(H2,17,18). The van der Waals surface area contributed by atoms with Gasteiger partial charge in [-0.3, -0.25) is 9.59 Å². The highest BCUT2D eigenvalue weighted by atomic mass is 32.1. The molecule has 0 saturated heterocycles. The van der Waals surface area contributed by atoms with Gasteiger partial charge >= 0.3 is 0 Å². The fourth-order valence-electron chi connectivity index (χ4n) is 2.61. The van der Waals surface area contributed by atoms with E-state index in [2.05, 4.69) is 5.10 Å². The fourth-order valence-corrected chi connectivity index (χ4v) is 3.71. The summed E-state index contributed by atoms with van der Waals surface area (Å²) in [6.45, 7) is 1.48. The maximum Gasteiger partial charge on any atom is 0.278 e. The van der Waals surface area contributed by atoms with Crippen molar-refractivity contribution in [1.29, 1.82) is 0 Å². The number of carbonyl (C=O) groups excluding carboxylic acids is 1. The van der Waals surface area contributed by atoms with Crippen molar-refractivity contribution in [2.24, 2.45) is 7.05 Å². The van der Waals surface area contributed by atoms with Gasteiger partial charge in [-0.05, 0) is 13.0 Å². The van der Waals surface area contributed by atoms with Crippen molar-refractivity contribution in [3.8, 4) is 16.9 Å². The second-order valence-corrected chi connectivity index (χ2v) is 6.13. The smallest absolute Gasteiger partial charge is 0.278 e. The molecule has 0 atom stereocenters. The lowest BCUT2D eigenvalue weighted by molar-refractivity contribution is 0.102. The van der Waals surface area contributed by atoms with Crippen LogP contribution in [-0.4, -0.2) is 22.7 Å². The zero-order valence-electron chi connectivity index (χ0n) is 12.9. The highest BCUT2D eigenvalue weighted by Gasteiger charge is 2.25. The molecule has 0 amide bonds. The number of ether oxygens (including phenoxy) is 1. The number of aromatic nitrogens is 2. The summed E-state index contributed by atoms with van der Waals surface area (Å²) < 4.78 is 7.39. The molecule has 3 aromatic rings. The predicted molar refractivity (Wildman–Crippen MR) is 91.3 cm³/mol. The first kappa shape index (κ1) is 15.2. The van der Waals surface area contributed by atoms with Gasteiger partial charge in [0.2, 0.25) is 0 Å². The molecule has 23 heavy (non-hydrogen) atoms. The Morgan fingerprint density at radius 3 is 2.65 bits per heavy atom. The van der Waals surface area contributed by atoms with Crippen LogP contribution < -0.4 is 16.0 Å². The molecule has 0 aliphatic heterocycles. The molecule has 2 aromatic heterocycles. The number of hydrogen-bond donors (Lipinski definition) is 1. The highest BCUT2D eigenvalue weighted by Crippen LogP contribution is 2.42. The molecule has 1 aromatic carbocycles. The average Bonchev–Trinajstić information content (AvgIpc) is 2.90. The molecule has 0 saturated carbocycles. The van der Waals surface area contributed by atoms with Gasteiger partial charge in [0.15, 0.2) is 17.4 Å². The molecule has 2 N–H and O–H groups in total. The van der Waals surface area contributed by atoms with Gasteiger partial charge < -0.3 is 10.5 Å². The summed E-state index contributed by atoms with van der Waals surface area (Å²) in [5.74, 6) is 0.189. The number of methoxy groups -OCH3 is 1. The van der Waals surface area contributed by atoms with E-state index in [1.165, 1.54) is 32.4 Å². The van der Waals surface area contributed by atoms with Crippen LogP contribution in [0, 0.1) is 0 Å². The van der Waals surface area contributed by atoms with Crippen LogP contribution in [0.15, 0.2) is 29.1 Å². The minimum atomic E-state index is -0.359. The van der Waals surface area contributed by atoms with Crippen LogP contribution in [0.3, 0.4) is 0 Å². The molecule has 0 fully saturated rings. The van der Waals surface area contributed by atoms with Crippen LogP contribution in [-0.2, 0) is 7.05 Å². The summed E-state index contributed by atoms with van der Waals surface area (Å²) in [4.78, 5) is 25.3. The number of aryl methyl sites for hydroxylation is 1. The Kier molecular flexibility index (Phi) is 3.65. The average molecular weight is 329 g/mol. The van der Waals surface area contributed by atoms with Crippen molar-refractivity contribution >= 4 is 33.0 Å². The van der Waals surface area contributed by atoms with Crippen molar-refractivity contribution < 1.29 is 9.53 Å². The number of benzene rings is 1. The molecular weight excluding hydrogens is 314 g/mol. The lowest BCUT2D eigenvalue weighted by Gasteiger charge is -2.12. The number of Topliss-reactive ketones (excluding diaryl/α,β-unsaturated/α-hetero) is 1. The van der Waals surface area contributed by atoms with E-state index in [0.717, 1.165) is 14.8 Å². The minimum Gasteiger partial charge on any atom is -0.492 e. The Morgan fingerprint density at radius 1 is 1.30 bits per heavy atom. The third kappa shape index (κ3) is 2.29. The second-order valence-electron chi connectivity index (χ2n) is 5.08. The van der Waals surface area contributed by atoms with E-state index >= 15 is 0 Å². The number of rotatable bonds is 3. The molecule has 118 valence electrons. The third-order valence-electron chi connectivity index (χ3n) is 3.59. The molecule has 0 unspecified atom stereocenters. The summed E-state index contributed by atoms with van der Waals surface area (Å²) >= 11 is 1.35. The van der Waals surface area contributed by atoms with Crippen molar-refractivity contribution in [1.82, 2.24) is 9.78 Å². The zero-order valence-corrected chi connectivity index (χ0v) is 13.7. The molecule has 2 heterocycles. The summed E-state index contributed by atoms with van der Waals surface area (Å²) in [5, 5.41) is 4.77. The number of nitrogens with zero attached hydrogens (tertiary/aromatic N) is 2. The number of fused-ring (bicyclic) bond motifs is 1. The Balaban J connectivity index is 2.54. The Bertz CT molecular complexity index is 988. The minimum absolute atomic E-state index is 0.106. The molecule has 0 radical (unpaired) electrons. The van der Waals surface area contributed by atoms with E-state index in [1.807, 2.05) is 24.3 Å². The predicted octanol–water partition coefficient (Wildman–Crippen LogP) is 2.46. The number of hydrogen-bond acceptors (Lipinski definition) is 6. The van der Waals surface area contributed by atoms with Crippen LogP contribution in [0.25, 0.3) is 21.2 Å². The van der Waals surface area contributed by atoms with Gasteiger partial charge in [-0.1, -0.05) is 18.2 Å². The molecular formula is C16H15N3O3S. The summed E-state index contributed by atoms with van der Waals surface area (Å²) in [7, 11) is 2.95. The van der Waals surface area contributed by atoms with Crippen molar-refractivity contribution in [3.63, 3.8) is 0 Å². The molecule has 0 aliphatic rings. The topological polar surface area (TPSA) is 87.2 Å². The maximum absolute atomic E-state index is 12.7. The van der Waals surface area contributed by atoms with E-state index in [0.29, 0.717) is 10.4 Å². The lowest BCUT2D eigenvalue weighted by atomic mass is 10.0. The Hall–Kier alpha value is -2.67. The fraction of sp³-hybridized carbons (Fsp3) is 0.188. The maximum atomic E-state index is 12.7. The monoisotopic (exact) mass is 329 g/mol. The zero-order chi connectivity index (χ0) is 16.7. The van der Waals surface area contributed by atoms with Gasteiger partial charge in [-0.15, -0.1) is 16.4 Å². The quantitative estimate of drug-likeness (QED) is 0.746. The van der Waals surface area contributed by atoms with E-state index in [1.54, 1.807) is 0 Å². The van der Waals surface area contributed by atoms with Crippen molar-refractivity contribution in [3.05, 3.63) is 39.5 Å². The summed E-state index contributed by atoms with van der Waals surface area (Å²) in [5.41, 5.74) is 6.37. The van der Waals surface area contributed by atoms with Gasteiger partial charge in [0.1, 0.15) is 0 Å². The van der Waals surface area contributed by atoms with E-state index in [-0.39, 0.29) is 28.5 Å². The van der Waals surface area contributed by atoms with Gasteiger partial charge in [0, 0.05) is 22.7 Å². The molecule has 0 spiro atoms.